The van der Waals surface area contributed by atoms with Gasteiger partial charge in [0.25, 0.3) is 0 Å². The number of hydrogen-bond donors (Lipinski definition) is 2. The van der Waals surface area contributed by atoms with Crippen LogP contribution in [0.15, 0.2) is 48.5 Å². The number of nitrogens with two attached hydrogens (primary N) is 1. The van der Waals surface area contributed by atoms with E-state index in [2.05, 4.69) is 48.6 Å². The van der Waals surface area contributed by atoms with Gasteiger partial charge in [-0.05, 0) is 49.1 Å². The van der Waals surface area contributed by atoms with Crippen LogP contribution in [0.1, 0.15) is 17.5 Å². The number of nitrogens with one attached hydrogen (secondary N) is 1. The van der Waals surface area contributed by atoms with Gasteiger partial charge in [-0.3, -0.25) is 0 Å². The fraction of sp³-hybridized carbons (Fsp3) is 0.250. The van der Waals surface area contributed by atoms with Gasteiger partial charge < -0.3 is 11.1 Å². The predicted octanol–water partition coefficient (Wildman–Crippen LogP) is 3.62. The second kappa shape index (κ2) is 6.10. The Hall–Kier alpha value is -1.96. The first kappa shape index (κ1) is 12.5. The number of aryl methyl sites for hydroxylation is 2. The molecule has 0 aromatic heterocycles. The Labute approximate surface area is 109 Å². The summed E-state index contributed by atoms with van der Waals surface area (Å²) in [6.07, 6.45) is 2.23. The van der Waals surface area contributed by atoms with Crippen LogP contribution in [0.3, 0.4) is 0 Å². The van der Waals surface area contributed by atoms with E-state index in [0.717, 1.165) is 30.8 Å². The number of anilines is 2. The highest BCUT2D eigenvalue weighted by Gasteiger charge is 1.96. The molecule has 0 radical (unpaired) electrons. The molecule has 0 atom stereocenters. The van der Waals surface area contributed by atoms with Crippen LogP contribution < -0.4 is 11.1 Å². The van der Waals surface area contributed by atoms with Gasteiger partial charge in [0.2, 0.25) is 0 Å². The van der Waals surface area contributed by atoms with Crippen LogP contribution in [0, 0.1) is 6.92 Å². The highest BCUT2D eigenvalue weighted by atomic mass is 14.9. The second-order valence-corrected chi connectivity index (χ2v) is 4.65. The molecular weight excluding hydrogens is 220 g/mol. The van der Waals surface area contributed by atoms with Crippen LogP contribution in [0.2, 0.25) is 0 Å². The Bertz CT molecular complexity index is 471. The van der Waals surface area contributed by atoms with Crippen LogP contribution in [-0.4, -0.2) is 6.54 Å². The summed E-state index contributed by atoms with van der Waals surface area (Å²) in [7, 11) is 0. The largest absolute Gasteiger partial charge is 0.399 e. The molecule has 0 saturated carbocycles. The molecule has 0 unspecified atom stereocenters. The van der Waals surface area contributed by atoms with Crippen LogP contribution >= 0.6 is 0 Å². The summed E-state index contributed by atoms with van der Waals surface area (Å²) in [5.41, 5.74) is 10.3. The molecule has 0 aliphatic heterocycles. The van der Waals surface area contributed by atoms with Gasteiger partial charge in [-0.1, -0.05) is 30.3 Å². The van der Waals surface area contributed by atoms with Crippen molar-refractivity contribution in [2.24, 2.45) is 0 Å². The van der Waals surface area contributed by atoms with E-state index in [1.807, 2.05) is 12.1 Å². The van der Waals surface area contributed by atoms with Crippen molar-refractivity contribution in [1.82, 2.24) is 0 Å². The lowest BCUT2D eigenvalue weighted by Gasteiger charge is -2.08. The maximum Gasteiger partial charge on any atom is 0.0363 e. The lowest BCUT2D eigenvalue weighted by molar-refractivity contribution is 0.863. The summed E-state index contributed by atoms with van der Waals surface area (Å²) >= 11 is 0. The Morgan fingerprint density at radius 2 is 1.83 bits per heavy atom. The Morgan fingerprint density at radius 3 is 2.56 bits per heavy atom. The van der Waals surface area contributed by atoms with Gasteiger partial charge >= 0.3 is 0 Å². The number of hydrogen-bond acceptors (Lipinski definition) is 2. The fourth-order valence-corrected chi connectivity index (χ4v) is 2.08. The van der Waals surface area contributed by atoms with E-state index in [9.17, 15) is 0 Å². The molecule has 18 heavy (non-hydrogen) atoms. The van der Waals surface area contributed by atoms with Crippen LogP contribution in [-0.2, 0) is 6.42 Å². The van der Waals surface area contributed by atoms with Crippen molar-refractivity contribution in [3.63, 3.8) is 0 Å². The molecule has 0 aliphatic carbocycles. The SMILES string of the molecule is Cc1cc(N)cc(NCCCc2ccccc2)c1. The maximum absolute atomic E-state index is 5.81. The van der Waals surface area contributed by atoms with Gasteiger partial charge in [0.05, 0.1) is 0 Å². The van der Waals surface area contributed by atoms with E-state index >= 15 is 0 Å². The van der Waals surface area contributed by atoms with Gasteiger partial charge in [0.15, 0.2) is 0 Å². The highest BCUT2D eigenvalue weighted by Crippen LogP contribution is 2.15. The molecular formula is C16H20N2. The summed E-state index contributed by atoms with van der Waals surface area (Å²) in [5, 5.41) is 3.42. The van der Waals surface area contributed by atoms with E-state index in [-0.39, 0.29) is 0 Å². The molecule has 2 aromatic rings. The minimum Gasteiger partial charge on any atom is -0.399 e. The number of benzene rings is 2. The van der Waals surface area contributed by atoms with Crippen molar-refractivity contribution in [3.8, 4) is 0 Å². The van der Waals surface area contributed by atoms with Gasteiger partial charge in [-0.2, -0.15) is 0 Å². The van der Waals surface area contributed by atoms with Crippen molar-refractivity contribution in [2.45, 2.75) is 19.8 Å². The molecule has 2 rings (SSSR count). The first-order valence-corrected chi connectivity index (χ1v) is 6.39. The van der Waals surface area contributed by atoms with Crippen molar-refractivity contribution in [3.05, 3.63) is 59.7 Å². The lowest BCUT2D eigenvalue weighted by atomic mass is 10.1. The Balaban J connectivity index is 1.78. The van der Waals surface area contributed by atoms with Gasteiger partial charge in [0.1, 0.15) is 0 Å². The monoisotopic (exact) mass is 240 g/mol. The average molecular weight is 240 g/mol. The van der Waals surface area contributed by atoms with Crippen LogP contribution in [0.25, 0.3) is 0 Å². The molecule has 0 heterocycles. The van der Waals surface area contributed by atoms with Gasteiger partial charge in [0, 0.05) is 17.9 Å². The molecule has 3 N–H and O–H groups in total. The summed E-state index contributed by atoms with van der Waals surface area (Å²) in [4.78, 5) is 0. The second-order valence-electron chi connectivity index (χ2n) is 4.65. The zero-order valence-corrected chi connectivity index (χ0v) is 10.8. The molecule has 2 aromatic carbocycles. The molecule has 0 bridgehead atoms. The van der Waals surface area contributed by atoms with E-state index in [1.54, 1.807) is 0 Å². The standard InChI is InChI=1S/C16H20N2/c1-13-10-15(17)12-16(11-13)18-9-5-8-14-6-3-2-4-7-14/h2-4,6-7,10-12,18H,5,8-9,17H2,1H3. The van der Waals surface area contributed by atoms with Crippen molar-refractivity contribution < 1.29 is 0 Å². The zero-order valence-electron chi connectivity index (χ0n) is 10.8. The normalized spacial score (nSPS) is 10.3. The average Bonchev–Trinajstić information content (AvgIpc) is 2.35. The van der Waals surface area contributed by atoms with Gasteiger partial charge in [-0.25, -0.2) is 0 Å². The minimum absolute atomic E-state index is 0.820. The van der Waals surface area contributed by atoms with E-state index in [4.69, 9.17) is 5.73 Å². The molecule has 0 fully saturated rings. The molecule has 2 nitrogen and oxygen atoms in total. The topological polar surface area (TPSA) is 38.0 Å². The summed E-state index contributed by atoms with van der Waals surface area (Å²) in [6, 6.07) is 16.7. The number of nitrogen functional groups attached to an aromatic ring is 1. The Morgan fingerprint density at radius 1 is 1.06 bits per heavy atom. The van der Waals surface area contributed by atoms with Crippen molar-refractivity contribution in [2.75, 3.05) is 17.6 Å². The zero-order chi connectivity index (χ0) is 12.8. The first-order valence-electron chi connectivity index (χ1n) is 6.39. The van der Waals surface area contributed by atoms with Crippen LogP contribution in [0.4, 0.5) is 11.4 Å². The maximum atomic E-state index is 5.81. The summed E-state index contributed by atoms with van der Waals surface area (Å²) < 4.78 is 0. The quantitative estimate of drug-likeness (QED) is 0.618. The van der Waals surface area contributed by atoms with Gasteiger partial charge in [-0.15, -0.1) is 0 Å². The molecule has 0 aliphatic rings. The first-order chi connectivity index (χ1) is 8.74. The molecule has 0 spiro atoms. The smallest absolute Gasteiger partial charge is 0.0363 e. The third kappa shape index (κ3) is 3.81. The van der Waals surface area contributed by atoms with Crippen molar-refractivity contribution >= 4 is 11.4 Å². The predicted molar refractivity (Wildman–Crippen MR) is 78.8 cm³/mol. The lowest BCUT2D eigenvalue weighted by Crippen LogP contribution is -2.03. The molecule has 2 heteroatoms. The third-order valence-electron chi connectivity index (χ3n) is 2.91. The minimum atomic E-state index is 0.820. The molecule has 94 valence electrons. The highest BCUT2D eigenvalue weighted by molar-refractivity contribution is 5.56. The molecule has 0 saturated heterocycles. The number of rotatable bonds is 5. The molecule has 0 amide bonds. The van der Waals surface area contributed by atoms with Crippen molar-refractivity contribution in [1.29, 1.82) is 0 Å². The summed E-state index contributed by atoms with van der Waals surface area (Å²) in [5.74, 6) is 0. The third-order valence-corrected chi connectivity index (χ3v) is 2.91. The van der Waals surface area contributed by atoms with Crippen LogP contribution in [0.5, 0.6) is 0 Å². The Kier molecular flexibility index (Phi) is 4.24. The van der Waals surface area contributed by atoms with E-state index < -0.39 is 0 Å². The van der Waals surface area contributed by atoms with E-state index in [0.29, 0.717) is 0 Å². The summed E-state index contributed by atoms with van der Waals surface area (Å²) in [6.45, 7) is 3.03. The fourth-order valence-electron chi connectivity index (χ4n) is 2.08. The van der Waals surface area contributed by atoms with E-state index in [1.165, 1.54) is 11.1 Å².